The van der Waals surface area contributed by atoms with Crippen molar-refractivity contribution in [2.24, 2.45) is 5.73 Å². The molecule has 1 aromatic carbocycles. The molecule has 1 saturated heterocycles. The molecular formula is C12H15F3N2. The molecule has 0 spiro atoms. The SMILES string of the molecule is NC1CCNC(c2cccc(C(F)(F)F)c2)C1. The zero-order chi connectivity index (χ0) is 12.5. The number of hydrogen-bond acceptors (Lipinski definition) is 2. The van der Waals surface area contributed by atoms with Gasteiger partial charge in [-0.2, -0.15) is 13.2 Å². The summed E-state index contributed by atoms with van der Waals surface area (Å²) < 4.78 is 37.7. The second kappa shape index (κ2) is 4.66. The first-order valence-corrected chi connectivity index (χ1v) is 5.63. The topological polar surface area (TPSA) is 38.0 Å². The summed E-state index contributed by atoms with van der Waals surface area (Å²) in [5, 5.41) is 3.20. The highest BCUT2D eigenvalue weighted by Gasteiger charge is 2.31. The van der Waals surface area contributed by atoms with E-state index >= 15 is 0 Å². The molecule has 2 nitrogen and oxygen atoms in total. The summed E-state index contributed by atoms with van der Waals surface area (Å²) in [5.74, 6) is 0. The molecular weight excluding hydrogens is 229 g/mol. The molecule has 0 amide bonds. The molecule has 1 fully saturated rings. The highest BCUT2D eigenvalue weighted by atomic mass is 19.4. The molecule has 1 aromatic rings. The van der Waals surface area contributed by atoms with E-state index in [4.69, 9.17) is 5.73 Å². The predicted molar refractivity (Wildman–Crippen MR) is 59.4 cm³/mol. The van der Waals surface area contributed by atoms with Crippen LogP contribution in [0.15, 0.2) is 24.3 Å². The van der Waals surface area contributed by atoms with Gasteiger partial charge in [0.15, 0.2) is 0 Å². The van der Waals surface area contributed by atoms with Gasteiger partial charge in [0.25, 0.3) is 0 Å². The maximum Gasteiger partial charge on any atom is 0.416 e. The van der Waals surface area contributed by atoms with Crippen molar-refractivity contribution >= 4 is 0 Å². The number of nitrogens with one attached hydrogen (secondary N) is 1. The molecule has 5 heteroatoms. The van der Waals surface area contributed by atoms with E-state index in [1.54, 1.807) is 6.07 Å². The zero-order valence-corrected chi connectivity index (χ0v) is 9.30. The number of nitrogens with two attached hydrogens (primary N) is 1. The highest BCUT2D eigenvalue weighted by molar-refractivity contribution is 5.28. The van der Waals surface area contributed by atoms with Gasteiger partial charge in [0.1, 0.15) is 0 Å². The lowest BCUT2D eigenvalue weighted by atomic mass is 9.93. The summed E-state index contributed by atoms with van der Waals surface area (Å²) in [5.41, 5.74) is 5.89. The Kier molecular flexibility index (Phi) is 3.40. The van der Waals surface area contributed by atoms with Gasteiger partial charge in [-0.1, -0.05) is 12.1 Å². The fraction of sp³-hybridized carbons (Fsp3) is 0.500. The molecule has 3 N–H and O–H groups in total. The standard InChI is InChI=1S/C12H15F3N2/c13-12(14,15)9-3-1-2-8(6-9)11-7-10(16)4-5-17-11/h1-3,6,10-11,17H,4-5,7,16H2. The van der Waals surface area contributed by atoms with Crippen LogP contribution in [0.25, 0.3) is 0 Å². The van der Waals surface area contributed by atoms with Crippen LogP contribution in [0, 0.1) is 0 Å². The Hall–Kier alpha value is -1.07. The largest absolute Gasteiger partial charge is 0.416 e. The quantitative estimate of drug-likeness (QED) is 0.796. The van der Waals surface area contributed by atoms with E-state index in [0.717, 1.165) is 19.0 Å². The molecule has 1 heterocycles. The Morgan fingerprint density at radius 1 is 1.29 bits per heavy atom. The molecule has 2 rings (SSSR count). The Labute approximate surface area is 98.0 Å². The zero-order valence-electron chi connectivity index (χ0n) is 9.30. The first-order chi connectivity index (χ1) is 7.97. The van der Waals surface area contributed by atoms with E-state index in [9.17, 15) is 13.2 Å². The molecule has 94 valence electrons. The molecule has 0 aromatic heterocycles. The summed E-state index contributed by atoms with van der Waals surface area (Å²) >= 11 is 0. The van der Waals surface area contributed by atoms with Crippen molar-refractivity contribution in [3.63, 3.8) is 0 Å². The van der Waals surface area contributed by atoms with Gasteiger partial charge in [0.2, 0.25) is 0 Å². The van der Waals surface area contributed by atoms with Crippen molar-refractivity contribution < 1.29 is 13.2 Å². The van der Waals surface area contributed by atoms with Gasteiger partial charge in [0.05, 0.1) is 5.56 Å². The van der Waals surface area contributed by atoms with Gasteiger partial charge in [-0.15, -0.1) is 0 Å². The van der Waals surface area contributed by atoms with Gasteiger partial charge in [-0.05, 0) is 37.1 Å². The monoisotopic (exact) mass is 244 g/mol. The molecule has 0 bridgehead atoms. The highest BCUT2D eigenvalue weighted by Crippen LogP contribution is 2.32. The summed E-state index contributed by atoms with van der Waals surface area (Å²) in [4.78, 5) is 0. The van der Waals surface area contributed by atoms with E-state index < -0.39 is 11.7 Å². The van der Waals surface area contributed by atoms with E-state index in [0.29, 0.717) is 12.0 Å². The molecule has 2 unspecified atom stereocenters. The minimum Gasteiger partial charge on any atom is -0.328 e. The lowest BCUT2D eigenvalue weighted by Gasteiger charge is -2.28. The summed E-state index contributed by atoms with van der Waals surface area (Å²) in [7, 11) is 0. The number of piperidine rings is 1. The Morgan fingerprint density at radius 2 is 2.06 bits per heavy atom. The van der Waals surface area contributed by atoms with Gasteiger partial charge in [-0.3, -0.25) is 0 Å². The number of rotatable bonds is 1. The third kappa shape index (κ3) is 2.98. The van der Waals surface area contributed by atoms with Crippen molar-refractivity contribution in [3.8, 4) is 0 Å². The maximum atomic E-state index is 12.6. The second-order valence-corrected chi connectivity index (χ2v) is 4.41. The molecule has 2 atom stereocenters. The van der Waals surface area contributed by atoms with Crippen LogP contribution in [0.2, 0.25) is 0 Å². The van der Waals surface area contributed by atoms with Crippen LogP contribution in [0.3, 0.4) is 0 Å². The van der Waals surface area contributed by atoms with Crippen LogP contribution in [0.4, 0.5) is 13.2 Å². The van der Waals surface area contributed by atoms with Crippen LogP contribution in [0.1, 0.15) is 30.0 Å². The van der Waals surface area contributed by atoms with Crippen molar-refractivity contribution in [1.29, 1.82) is 0 Å². The van der Waals surface area contributed by atoms with Crippen molar-refractivity contribution in [2.45, 2.75) is 31.1 Å². The van der Waals surface area contributed by atoms with Gasteiger partial charge < -0.3 is 11.1 Å². The van der Waals surface area contributed by atoms with Crippen molar-refractivity contribution in [1.82, 2.24) is 5.32 Å². The van der Waals surface area contributed by atoms with Crippen molar-refractivity contribution in [2.75, 3.05) is 6.54 Å². The normalized spacial score (nSPS) is 25.9. The average molecular weight is 244 g/mol. The third-order valence-electron chi connectivity index (χ3n) is 3.06. The van der Waals surface area contributed by atoms with Crippen LogP contribution >= 0.6 is 0 Å². The molecule has 1 aliphatic heterocycles. The minimum absolute atomic E-state index is 0.0655. The first kappa shape index (κ1) is 12.4. The number of hydrogen-bond donors (Lipinski definition) is 2. The van der Waals surface area contributed by atoms with Gasteiger partial charge >= 0.3 is 6.18 Å². The van der Waals surface area contributed by atoms with E-state index in [-0.39, 0.29) is 12.1 Å². The first-order valence-electron chi connectivity index (χ1n) is 5.63. The summed E-state index contributed by atoms with van der Waals surface area (Å²) in [6.07, 6.45) is -2.73. The van der Waals surface area contributed by atoms with Crippen LogP contribution in [-0.4, -0.2) is 12.6 Å². The fourth-order valence-corrected chi connectivity index (χ4v) is 2.13. The van der Waals surface area contributed by atoms with Crippen molar-refractivity contribution in [3.05, 3.63) is 35.4 Å². The fourth-order valence-electron chi connectivity index (χ4n) is 2.13. The maximum absolute atomic E-state index is 12.6. The Morgan fingerprint density at radius 3 is 2.71 bits per heavy atom. The Balaban J connectivity index is 2.21. The minimum atomic E-state index is -4.28. The number of halogens is 3. The van der Waals surface area contributed by atoms with E-state index in [1.165, 1.54) is 12.1 Å². The van der Waals surface area contributed by atoms with Crippen LogP contribution in [-0.2, 0) is 6.18 Å². The summed E-state index contributed by atoms with van der Waals surface area (Å²) in [6.45, 7) is 0.752. The molecule has 0 aliphatic carbocycles. The molecule has 0 saturated carbocycles. The third-order valence-corrected chi connectivity index (χ3v) is 3.06. The number of benzene rings is 1. The smallest absolute Gasteiger partial charge is 0.328 e. The van der Waals surface area contributed by atoms with E-state index in [2.05, 4.69) is 5.32 Å². The van der Waals surface area contributed by atoms with Gasteiger partial charge in [0, 0.05) is 12.1 Å². The molecule has 0 radical (unpaired) electrons. The molecule has 17 heavy (non-hydrogen) atoms. The van der Waals surface area contributed by atoms with Crippen LogP contribution in [0.5, 0.6) is 0 Å². The van der Waals surface area contributed by atoms with E-state index in [1.807, 2.05) is 0 Å². The number of alkyl halides is 3. The summed E-state index contributed by atoms with van der Waals surface area (Å²) in [6, 6.07) is 5.45. The van der Waals surface area contributed by atoms with Gasteiger partial charge in [-0.25, -0.2) is 0 Å². The second-order valence-electron chi connectivity index (χ2n) is 4.41. The predicted octanol–water partition coefficient (Wildman–Crippen LogP) is 2.46. The average Bonchev–Trinajstić information content (AvgIpc) is 2.28. The van der Waals surface area contributed by atoms with Crippen LogP contribution < -0.4 is 11.1 Å². The lowest BCUT2D eigenvalue weighted by molar-refractivity contribution is -0.137. The Bertz CT molecular complexity index is 390. The molecule has 1 aliphatic rings. The lowest BCUT2D eigenvalue weighted by Crippen LogP contribution is -2.38.